The lowest BCUT2D eigenvalue weighted by Gasteiger charge is -2.09. The van der Waals surface area contributed by atoms with Gasteiger partial charge in [0.25, 0.3) is 5.91 Å². The van der Waals surface area contributed by atoms with Crippen LogP contribution in [0, 0.1) is 6.92 Å². The number of benzene rings is 1. The molecule has 2 N–H and O–H groups in total. The van der Waals surface area contributed by atoms with Gasteiger partial charge in [-0.05, 0) is 25.1 Å². The minimum Gasteiger partial charge on any atom is -0.465 e. The highest BCUT2D eigenvalue weighted by atomic mass is 35.5. The van der Waals surface area contributed by atoms with Crippen LogP contribution in [-0.4, -0.2) is 34.1 Å². The van der Waals surface area contributed by atoms with E-state index in [1.54, 1.807) is 25.1 Å². The van der Waals surface area contributed by atoms with Crippen LogP contribution in [0.5, 0.6) is 0 Å². The Labute approximate surface area is 158 Å². The van der Waals surface area contributed by atoms with Crippen molar-refractivity contribution in [2.24, 2.45) is 0 Å². The Kier molecular flexibility index (Phi) is 5.32. The first kappa shape index (κ1) is 18.3. The highest BCUT2D eigenvalue weighted by molar-refractivity contribution is 6.33. The summed E-state index contributed by atoms with van der Waals surface area (Å²) in [6, 6.07) is 6.22. The summed E-state index contributed by atoms with van der Waals surface area (Å²) >= 11 is 6.13. The van der Waals surface area contributed by atoms with E-state index in [4.69, 9.17) is 16.1 Å². The number of ether oxygens (including phenoxy) is 1. The van der Waals surface area contributed by atoms with Crippen molar-refractivity contribution in [3.05, 3.63) is 58.7 Å². The summed E-state index contributed by atoms with van der Waals surface area (Å²) < 4.78 is 9.56. The van der Waals surface area contributed by atoms with Crippen molar-refractivity contribution in [2.75, 3.05) is 17.7 Å². The zero-order chi connectivity index (χ0) is 19.4. The van der Waals surface area contributed by atoms with Crippen LogP contribution in [-0.2, 0) is 4.74 Å². The smallest absolute Gasteiger partial charge is 0.337 e. The number of rotatable bonds is 5. The summed E-state index contributed by atoms with van der Waals surface area (Å²) in [4.78, 5) is 31.9. The lowest BCUT2D eigenvalue weighted by molar-refractivity contribution is 0.0600. The summed E-state index contributed by atoms with van der Waals surface area (Å²) in [7, 11) is 1.29. The Balaban J connectivity index is 1.72. The number of carbonyl (C=O) groups is 2. The molecule has 0 aliphatic carbocycles. The number of methoxy groups -OCH3 is 1. The summed E-state index contributed by atoms with van der Waals surface area (Å²) in [5.74, 6) is 0.228. The van der Waals surface area contributed by atoms with Crippen molar-refractivity contribution in [3.63, 3.8) is 0 Å². The van der Waals surface area contributed by atoms with E-state index in [1.807, 2.05) is 0 Å². The molecule has 1 aromatic carbocycles. The van der Waals surface area contributed by atoms with Crippen molar-refractivity contribution in [1.29, 1.82) is 0 Å². The number of carbonyl (C=O) groups excluding carboxylic acids is 2. The molecule has 138 valence electrons. The van der Waals surface area contributed by atoms with Crippen LogP contribution in [0.1, 0.15) is 26.6 Å². The van der Waals surface area contributed by atoms with E-state index in [-0.39, 0.29) is 11.5 Å². The maximum absolute atomic E-state index is 12.1. The molecule has 3 rings (SSSR count). The van der Waals surface area contributed by atoms with Crippen LogP contribution >= 0.6 is 11.6 Å². The molecule has 9 nitrogen and oxygen atoms in total. The standard InChI is InChI=1S/C17H14ClN5O4/c1-9-5-14(23-27-9)22-16(24)13-7-20-15(8-19-13)21-12-6-10(17(25)26-2)3-4-11(12)18/h3-8H,1-2H3,(H,20,21)(H,22,23,24). The largest absolute Gasteiger partial charge is 0.465 e. The molecule has 0 bridgehead atoms. The molecule has 3 aromatic rings. The molecule has 0 aliphatic rings. The topological polar surface area (TPSA) is 119 Å². The number of amides is 1. The molecule has 0 saturated carbocycles. The minimum atomic E-state index is -0.490. The average molecular weight is 388 g/mol. The van der Waals surface area contributed by atoms with Gasteiger partial charge in [-0.15, -0.1) is 0 Å². The summed E-state index contributed by atoms with van der Waals surface area (Å²) in [5.41, 5.74) is 0.871. The number of nitrogens with one attached hydrogen (secondary N) is 2. The SMILES string of the molecule is COC(=O)c1ccc(Cl)c(Nc2cnc(C(=O)Nc3cc(C)on3)cn2)c1. The Morgan fingerprint density at radius 3 is 2.59 bits per heavy atom. The highest BCUT2D eigenvalue weighted by Crippen LogP contribution is 2.26. The van der Waals surface area contributed by atoms with E-state index in [0.29, 0.717) is 27.9 Å². The van der Waals surface area contributed by atoms with E-state index in [1.165, 1.54) is 25.6 Å². The molecule has 0 unspecified atom stereocenters. The molecule has 1 amide bonds. The fraction of sp³-hybridized carbons (Fsp3) is 0.118. The second-order valence-corrected chi connectivity index (χ2v) is 5.78. The molecule has 10 heteroatoms. The van der Waals surface area contributed by atoms with Gasteiger partial charge in [-0.2, -0.15) is 0 Å². The second kappa shape index (κ2) is 7.83. The predicted octanol–water partition coefficient (Wildman–Crippen LogP) is 3.21. The van der Waals surface area contributed by atoms with E-state index >= 15 is 0 Å². The van der Waals surface area contributed by atoms with E-state index in [9.17, 15) is 9.59 Å². The first-order valence-electron chi connectivity index (χ1n) is 7.68. The van der Waals surface area contributed by atoms with Gasteiger partial charge in [0.1, 0.15) is 17.3 Å². The quantitative estimate of drug-likeness (QED) is 0.640. The Morgan fingerprint density at radius 1 is 1.15 bits per heavy atom. The molecule has 0 atom stereocenters. The Bertz CT molecular complexity index is 987. The van der Waals surface area contributed by atoms with Gasteiger partial charge in [0, 0.05) is 6.07 Å². The molecule has 0 radical (unpaired) electrons. The third kappa shape index (κ3) is 4.39. The van der Waals surface area contributed by atoms with Crippen molar-refractivity contribution >= 4 is 40.8 Å². The summed E-state index contributed by atoms with van der Waals surface area (Å²) in [6.45, 7) is 1.71. The maximum atomic E-state index is 12.1. The van der Waals surface area contributed by atoms with Crippen LogP contribution in [0.4, 0.5) is 17.3 Å². The van der Waals surface area contributed by atoms with Gasteiger partial charge in [0.15, 0.2) is 5.82 Å². The predicted molar refractivity (Wildman–Crippen MR) is 97.3 cm³/mol. The van der Waals surface area contributed by atoms with Crippen molar-refractivity contribution < 1.29 is 18.8 Å². The Morgan fingerprint density at radius 2 is 1.96 bits per heavy atom. The van der Waals surface area contributed by atoms with Crippen LogP contribution < -0.4 is 10.6 Å². The molecule has 0 aliphatic heterocycles. The first-order valence-corrected chi connectivity index (χ1v) is 8.05. The van der Waals surface area contributed by atoms with Crippen molar-refractivity contribution in [3.8, 4) is 0 Å². The van der Waals surface area contributed by atoms with Crippen LogP contribution in [0.2, 0.25) is 5.02 Å². The lowest BCUT2D eigenvalue weighted by Crippen LogP contribution is -2.14. The van der Waals surface area contributed by atoms with E-state index < -0.39 is 11.9 Å². The van der Waals surface area contributed by atoms with Crippen LogP contribution in [0.3, 0.4) is 0 Å². The Hall–Kier alpha value is -3.46. The van der Waals surface area contributed by atoms with Gasteiger partial charge >= 0.3 is 5.97 Å². The number of aryl methyl sites for hydroxylation is 1. The van der Waals surface area contributed by atoms with Crippen LogP contribution in [0.25, 0.3) is 0 Å². The summed E-state index contributed by atoms with van der Waals surface area (Å²) in [6.07, 6.45) is 2.66. The molecular weight excluding hydrogens is 374 g/mol. The molecule has 2 aromatic heterocycles. The number of halogens is 1. The second-order valence-electron chi connectivity index (χ2n) is 5.38. The van der Waals surface area contributed by atoms with Gasteiger partial charge in [-0.3, -0.25) is 4.79 Å². The van der Waals surface area contributed by atoms with E-state index in [2.05, 4.69) is 30.5 Å². The van der Waals surface area contributed by atoms with Crippen LogP contribution in [0.15, 0.2) is 41.2 Å². The third-order valence-electron chi connectivity index (χ3n) is 3.40. The zero-order valence-corrected chi connectivity index (χ0v) is 15.1. The number of esters is 1. The monoisotopic (exact) mass is 387 g/mol. The van der Waals surface area contributed by atoms with Crippen molar-refractivity contribution in [2.45, 2.75) is 6.92 Å². The van der Waals surface area contributed by atoms with Crippen molar-refractivity contribution in [1.82, 2.24) is 15.1 Å². The molecule has 0 spiro atoms. The molecule has 27 heavy (non-hydrogen) atoms. The molecule has 0 fully saturated rings. The maximum Gasteiger partial charge on any atom is 0.337 e. The third-order valence-corrected chi connectivity index (χ3v) is 3.73. The van der Waals surface area contributed by atoms with Gasteiger partial charge in [0.05, 0.1) is 35.8 Å². The lowest BCUT2D eigenvalue weighted by atomic mass is 10.2. The first-order chi connectivity index (χ1) is 13.0. The molecule has 2 heterocycles. The van der Waals surface area contributed by atoms with Gasteiger partial charge in [-0.25, -0.2) is 14.8 Å². The summed E-state index contributed by atoms with van der Waals surface area (Å²) in [5, 5.41) is 9.54. The van der Waals surface area contributed by atoms with Gasteiger partial charge in [0.2, 0.25) is 0 Å². The zero-order valence-electron chi connectivity index (χ0n) is 14.3. The number of hydrogen-bond acceptors (Lipinski definition) is 8. The molecule has 0 saturated heterocycles. The fourth-order valence-electron chi connectivity index (χ4n) is 2.12. The molecular formula is C17H14ClN5O4. The van der Waals surface area contributed by atoms with Gasteiger partial charge < -0.3 is 19.9 Å². The number of anilines is 3. The number of hydrogen-bond donors (Lipinski definition) is 2. The number of nitrogens with zero attached hydrogens (tertiary/aromatic N) is 3. The van der Waals surface area contributed by atoms with E-state index in [0.717, 1.165) is 0 Å². The normalized spacial score (nSPS) is 10.3. The number of aromatic nitrogens is 3. The minimum absolute atomic E-state index is 0.0932. The van der Waals surface area contributed by atoms with Gasteiger partial charge in [-0.1, -0.05) is 16.8 Å². The highest BCUT2D eigenvalue weighted by Gasteiger charge is 2.12. The average Bonchev–Trinajstić information content (AvgIpc) is 3.08. The fourth-order valence-corrected chi connectivity index (χ4v) is 2.28.